The van der Waals surface area contributed by atoms with Gasteiger partial charge in [0.1, 0.15) is 5.75 Å². The molecule has 0 amide bonds. The van der Waals surface area contributed by atoms with Crippen LogP contribution in [0.1, 0.15) is 38.2 Å². The van der Waals surface area contributed by atoms with Gasteiger partial charge in [-0.2, -0.15) is 0 Å². The molecular weight excluding hydrogens is 246 g/mol. The Balaban J connectivity index is 1.44. The first-order valence-electron chi connectivity index (χ1n) is 8.12. The van der Waals surface area contributed by atoms with E-state index < -0.39 is 0 Å². The van der Waals surface area contributed by atoms with Crippen molar-refractivity contribution in [2.45, 2.75) is 45.1 Å². The minimum atomic E-state index is 0.559. The van der Waals surface area contributed by atoms with E-state index in [1.165, 1.54) is 37.8 Å². The minimum absolute atomic E-state index is 0.559. The minimum Gasteiger partial charge on any atom is -0.497 e. The van der Waals surface area contributed by atoms with Gasteiger partial charge < -0.3 is 10.1 Å². The SMILES string of the molecule is COc1ccc(CC(C)NCC(C2CC2)C2CC2)cc1. The monoisotopic (exact) mass is 273 g/mol. The predicted molar refractivity (Wildman–Crippen MR) is 83.1 cm³/mol. The number of nitrogens with one attached hydrogen (secondary N) is 1. The fourth-order valence-electron chi connectivity index (χ4n) is 3.29. The van der Waals surface area contributed by atoms with Gasteiger partial charge in [-0.25, -0.2) is 0 Å². The Hall–Kier alpha value is -1.02. The maximum Gasteiger partial charge on any atom is 0.118 e. The van der Waals surface area contributed by atoms with Crippen LogP contribution in [0.25, 0.3) is 0 Å². The van der Waals surface area contributed by atoms with Crippen LogP contribution in [0.2, 0.25) is 0 Å². The fourth-order valence-corrected chi connectivity index (χ4v) is 3.29. The van der Waals surface area contributed by atoms with Crippen LogP contribution in [0.3, 0.4) is 0 Å². The number of hydrogen-bond donors (Lipinski definition) is 1. The van der Waals surface area contributed by atoms with Crippen LogP contribution in [0, 0.1) is 17.8 Å². The van der Waals surface area contributed by atoms with E-state index in [4.69, 9.17) is 4.74 Å². The summed E-state index contributed by atoms with van der Waals surface area (Å²) < 4.78 is 5.20. The van der Waals surface area contributed by atoms with Gasteiger partial charge in [0.15, 0.2) is 0 Å². The number of rotatable bonds is 8. The molecule has 0 radical (unpaired) electrons. The Morgan fingerprint density at radius 2 is 1.70 bits per heavy atom. The smallest absolute Gasteiger partial charge is 0.118 e. The maximum absolute atomic E-state index is 5.20. The summed E-state index contributed by atoms with van der Waals surface area (Å²) in [5.74, 6) is 4.00. The van der Waals surface area contributed by atoms with E-state index in [1.807, 2.05) is 0 Å². The zero-order valence-corrected chi connectivity index (χ0v) is 12.8. The number of hydrogen-bond acceptors (Lipinski definition) is 2. The summed E-state index contributed by atoms with van der Waals surface area (Å²) in [5, 5.41) is 3.77. The van der Waals surface area contributed by atoms with E-state index >= 15 is 0 Å². The Kier molecular flexibility index (Phi) is 4.30. The Morgan fingerprint density at radius 3 is 2.20 bits per heavy atom. The molecule has 1 N–H and O–H groups in total. The third-order valence-electron chi connectivity index (χ3n) is 4.86. The van der Waals surface area contributed by atoms with Crippen LogP contribution in [0.5, 0.6) is 5.75 Å². The maximum atomic E-state index is 5.20. The molecule has 0 bridgehead atoms. The van der Waals surface area contributed by atoms with Crippen LogP contribution in [0.4, 0.5) is 0 Å². The third kappa shape index (κ3) is 3.76. The molecule has 1 unspecified atom stereocenters. The molecule has 2 nitrogen and oxygen atoms in total. The molecule has 1 atom stereocenters. The van der Waals surface area contributed by atoms with E-state index in [1.54, 1.807) is 7.11 Å². The van der Waals surface area contributed by atoms with Crippen molar-refractivity contribution in [3.8, 4) is 5.75 Å². The third-order valence-corrected chi connectivity index (χ3v) is 4.86. The highest BCUT2D eigenvalue weighted by molar-refractivity contribution is 5.27. The summed E-state index contributed by atoms with van der Waals surface area (Å²) in [7, 11) is 1.72. The molecule has 2 aliphatic rings. The molecule has 0 aliphatic heterocycles. The number of methoxy groups -OCH3 is 1. The summed E-state index contributed by atoms with van der Waals surface area (Å²) in [6, 6.07) is 9.02. The summed E-state index contributed by atoms with van der Waals surface area (Å²) in [4.78, 5) is 0. The molecule has 0 saturated heterocycles. The van der Waals surface area contributed by atoms with Crippen molar-refractivity contribution >= 4 is 0 Å². The van der Waals surface area contributed by atoms with Gasteiger partial charge in [0.2, 0.25) is 0 Å². The van der Waals surface area contributed by atoms with E-state index in [0.717, 1.165) is 29.9 Å². The van der Waals surface area contributed by atoms with Crippen LogP contribution in [-0.2, 0) is 6.42 Å². The topological polar surface area (TPSA) is 21.3 Å². The standard InChI is InChI=1S/C18H27NO/c1-13(11-14-3-9-17(20-2)10-4-14)19-12-18(15-5-6-15)16-7-8-16/h3-4,9-10,13,15-16,18-19H,5-8,11-12H2,1-2H3. The summed E-state index contributed by atoms with van der Waals surface area (Å²) in [5.41, 5.74) is 1.39. The molecule has 0 aromatic heterocycles. The molecule has 1 aromatic rings. The summed E-state index contributed by atoms with van der Waals surface area (Å²) >= 11 is 0. The Morgan fingerprint density at radius 1 is 1.10 bits per heavy atom. The van der Waals surface area contributed by atoms with E-state index in [0.29, 0.717) is 6.04 Å². The van der Waals surface area contributed by atoms with Crippen molar-refractivity contribution in [2.75, 3.05) is 13.7 Å². The van der Waals surface area contributed by atoms with Gasteiger partial charge in [-0.15, -0.1) is 0 Å². The molecule has 3 rings (SSSR count). The quantitative estimate of drug-likeness (QED) is 0.780. The zero-order chi connectivity index (χ0) is 13.9. The van der Waals surface area contributed by atoms with Gasteiger partial charge in [0, 0.05) is 6.04 Å². The second-order valence-electron chi connectivity index (χ2n) is 6.70. The largest absolute Gasteiger partial charge is 0.497 e. The zero-order valence-electron chi connectivity index (χ0n) is 12.8. The summed E-state index contributed by atoms with van der Waals surface area (Å²) in [6.07, 6.45) is 7.03. The van der Waals surface area contributed by atoms with Crippen molar-refractivity contribution in [2.24, 2.45) is 17.8 Å². The average Bonchev–Trinajstić information content (AvgIpc) is 3.33. The van der Waals surface area contributed by atoms with Gasteiger partial charge in [-0.3, -0.25) is 0 Å². The number of ether oxygens (including phenoxy) is 1. The van der Waals surface area contributed by atoms with Crippen molar-refractivity contribution in [3.05, 3.63) is 29.8 Å². The molecule has 110 valence electrons. The highest BCUT2D eigenvalue weighted by Gasteiger charge is 2.40. The van der Waals surface area contributed by atoms with Crippen molar-refractivity contribution in [1.82, 2.24) is 5.32 Å². The Labute approximate surface area is 122 Å². The average molecular weight is 273 g/mol. The molecule has 0 spiro atoms. The second-order valence-corrected chi connectivity index (χ2v) is 6.70. The van der Waals surface area contributed by atoms with Crippen molar-refractivity contribution < 1.29 is 4.74 Å². The molecule has 2 saturated carbocycles. The first-order chi connectivity index (χ1) is 9.76. The molecule has 2 aliphatic carbocycles. The molecular formula is C18H27NO. The van der Waals surface area contributed by atoms with E-state index in [9.17, 15) is 0 Å². The van der Waals surface area contributed by atoms with Crippen molar-refractivity contribution in [3.63, 3.8) is 0 Å². The van der Waals surface area contributed by atoms with Gasteiger partial charge >= 0.3 is 0 Å². The molecule has 0 heterocycles. The van der Waals surface area contributed by atoms with Gasteiger partial charge in [-0.1, -0.05) is 12.1 Å². The van der Waals surface area contributed by atoms with Gasteiger partial charge in [-0.05, 0) is 81.0 Å². The lowest BCUT2D eigenvalue weighted by molar-refractivity contribution is 0.359. The second kappa shape index (κ2) is 6.17. The van der Waals surface area contributed by atoms with Crippen LogP contribution < -0.4 is 10.1 Å². The lowest BCUT2D eigenvalue weighted by Crippen LogP contribution is -2.34. The molecule has 2 fully saturated rings. The van der Waals surface area contributed by atoms with Crippen LogP contribution in [-0.4, -0.2) is 19.7 Å². The first kappa shape index (κ1) is 13.9. The number of benzene rings is 1. The Bertz CT molecular complexity index is 408. The van der Waals surface area contributed by atoms with E-state index in [-0.39, 0.29) is 0 Å². The lowest BCUT2D eigenvalue weighted by Gasteiger charge is -2.20. The van der Waals surface area contributed by atoms with Gasteiger partial charge in [0.25, 0.3) is 0 Å². The predicted octanol–water partition coefficient (Wildman–Crippen LogP) is 3.65. The lowest BCUT2D eigenvalue weighted by atomic mass is 9.97. The van der Waals surface area contributed by atoms with E-state index in [2.05, 4.69) is 36.5 Å². The first-order valence-corrected chi connectivity index (χ1v) is 8.12. The molecule has 1 aromatic carbocycles. The summed E-state index contributed by atoms with van der Waals surface area (Å²) in [6.45, 7) is 3.54. The van der Waals surface area contributed by atoms with Crippen LogP contribution >= 0.6 is 0 Å². The highest BCUT2D eigenvalue weighted by atomic mass is 16.5. The van der Waals surface area contributed by atoms with Crippen LogP contribution in [0.15, 0.2) is 24.3 Å². The highest BCUT2D eigenvalue weighted by Crippen LogP contribution is 2.48. The molecule has 2 heteroatoms. The van der Waals surface area contributed by atoms with Crippen molar-refractivity contribution in [1.29, 1.82) is 0 Å². The van der Waals surface area contributed by atoms with Gasteiger partial charge in [0.05, 0.1) is 7.11 Å². The fraction of sp³-hybridized carbons (Fsp3) is 0.667. The molecule has 20 heavy (non-hydrogen) atoms. The normalized spacial score (nSPS) is 20.1.